The normalized spacial score (nSPS) is 11.7. The van der Waals surface area contributed by atoms with Gasteiger partial charge in [-0.2, -0.15) is 0 Å². The third-order valence-corrected chi connectivity index (χ3v) is 22.8. The number of nitrogens with zero attached hydrogens (tertiary/aromatic N) is 4. The van der Waals surface area contributed by atoms with Gasteiger partial charge in [-0.05, 0) is 231 Å². The second-order valence-corrected chi connectivity index (χ2v) is 30.0. The molecule has 2 heterocycles. The molecule has 490 valence electrons. The summed E-state index contributed by atoms with van der Waals surface area (Å²) in [5, 5.41) is 14.9. The summed E-state index contributed by atoms with van der Waals surface area (Å²) in [6.07, 6.45) is 0. The van der Waals surface area contributed by atoms with Gasteiger partial charge in [0.15, 0.2) is 0 Å². The van der Waals surface area contributed by atoms with E-state index >= 15 is 0 Å². The predicted octanol–water partition coefficient (Wildman–Crippen LogP) is 29.0. The lowest BCUT2D eigenvalue weighted by atomic mass is 9.95. The number of anilines is 12. The smallest absolute Gasteiger partial charge is 0.0554 e. The second kappa shape index (κ2) is 25.1. The molecule has 0 saturated carbocycles. The van der Waals surface area contributed by atoms with Crippen LogP contribution in [0.3, 0.4) is 0 Å². The first-order chi connectivity index (χ1) is 49.8. The van der Waals surface area contributed by atoms with Crippen LogP contribution in [0.1, 0.15) is 44.5 Å². The summed E-state index contributed by atoms with van der Waals surface area (Å²) in [5.74, 6) is 0. The molecule has 18 aromatic rings. The van der Waals surface area contributed by atoms with Gasteiger partial charge in [-0.15, -0.1) is 22.7 Å². The summed E-state index contributed by atoms with van der Waals surface area (Å²) in [6, 6.07) is 114. The SMILES string of the molecule is Cc1ccc(N(c2ccccc2C)c2cc3sc4cc(N(c5ccc(C)cc5)c5cc(-c6cc(C)cc(N(c7cccc(C)c7)c7cc8sc9cc(N(c%10cccc(C)c%10)c%10cccc(C)c%10)c%10ccccc%10c9c8c8ccccc78)c6)ccc5C)c5ccccc5c4c3c3ccccc23)cc1. The molecule has 0 radical (unpaired) electrons. The molecule has 0 fully saturated rings. The highest BCUT2D eigenvalue weighted by Gasteiger charge is 2.28. The average molecular weight is 1350 g/mol. The highest BCUT2D eigenvalue weighted by Crippen LogP contribution is 2.55. The molecule has 0 amide bonds. The van der Waals surface area contributed by atoms with E-state index in [4.69, 9.17) is 0 Å². The first-order valence-electron chi connectivity index (χ1n) is 35.3. The van der Waals surface area contributed by atoms with Crippen molar-refractivity contribution in [3.8, 4) is 11.1 Å². The lowest BCUT2D eigenvalue weighted by Gasteiger charge is -2.30. The number of aryl methyl sites for hydroxylation is 8. The van der Waals surface area contributed by atoms with Crippen molar-refractivity contribution in [1.82, 2.24) is 0 Å². The molecule has 0 aliphatic carbocycles. The van der Waals surface area contributed by atoms with Crippen LogP contribution in [0.2, 0.25) is 0 Å². The fraction of sp³-hybridized carbons (Fsp3) is 0.0833. The van der Waals surface area contributed by atoms with Crippen molar-refractivity contribution in [3.05, 3.63) is 348 Å². The molecule has 0 spiro atoms. The maximum Gasteiger partial charge on any atom is 0.0554 e. The summed E-state index contributed by atoms with van der Waals surface area (Å²) in [6.45, 7) is 17.7. The lowest BCUT2D eigenvalue weighted by Crippen LogP contribution is -2.12. The van der Waals surface area contributed by atoms with Crippen LogP contribution < -0.4 is 19.6 Å². The number of thiophene rings is 2. The van der Waals surface area contributed by atoms with Gasteiger partial charge in [-0.1, -0.05) is 205 Å². The Morgan fingerprint density at radius 1 is 0.186 bits per heavy atom. The van der Waals surface area contributed by atoms with Gasteiger partial charge >= 0.3 is 0 Å². The number of benzene rings is 16. The number of hydrogen-bond acceptors (Lipinski definition) is 6. The standard InChI is InChI=1S/C96H74N4S2/c1-59-38-44-69(45-39-59)99(83-37-18-9-25-65(83)7)87-57-91-95(81-35-16-12-31-77(81)87)96-82-36-17-13-32-78(82)88(58-92(96)102-91)100(70-46-40-60(2)41-47-70)84-54-67(43-42-66(84)8)68-48-64(6)52-74(53-68)98(73-28-21-24-63(5)51-73)86-56-90-94(80-34-15-11-30-76(80)86)93-79-33-14-10-29-75(79)85(55-89(93)101-90)97(71-26-19-22-61(3)49-71)72-27-20-23-62(4)50-72/h9-58H,1-8H3. The minimum absolute atomic E-state index is 1.09. The number of fused-ring (bicyclic) bond motifs is 14. The maximum absolute atomic E-state index is 2.53. The van der Waals surface area contributed by atoms with Gasteiger partial charge < -0.3 is 19.6 Å². The zero-order valence-electron chi connectivity index (χ0n) is 58.5. The second-order valence-electron chi connectivity index (χ2n) is 27.8. The van der Waals surface area contributed by atoms with Crippen molar-refractivity contribution in [3.63, 3.8) is 0 Å². The molecule has 0 unspecified atom stereocenters. The molecule has 0 saturated heterocycles. The molecule has 0 atom stereocenters. The van der Waals surface area contributed by atoms with Crippen LogP contribution in [0.15, 0.2) is 303 Å². The third-order valence-electron chi connectivity index (χ3n) is 20.7. The molecule has 102 heavy (non-hydrogen) atoms. The third kappa shape index (κ3) is 10.7. The fourth-order valence-corrected chi connectivity index (χ4v) is 18.3. The van der Waals surface area contributed by atoms with Gasteiger partial charge in [0.05, 0.1) is 22.7 Å². The lowest BCUT2D eigenvalue weighted by molar-refractivity contribution is 1.26. The van der Waals surface area contributed by atoms with Crippen LogP contribution >= 0.6 is 22.7 Å². The molecular formula is C96H74N4S2. The monoisotopic (exact) mass is 1350 g/mol. The van der Waals surface area contributed by atoms with E-state index in [0.29, 0.717) is 0 Å². The Hall–Kier alpha value is -11.8. The largest absolute Gasteiger partial charge is 0.310 e. The molecule has 0 aliphatic heterocycles. The molecule has 16 aromatic carbocycles. The molecule has 4 nitrogen and oxygen atoms in total. The fourth-order valence-electron chi connectivity index (χ4n) is 15.9. The Morgan fingerprint density at radius 2 is 0.529 bits per heavy atom. The van der Waals surface area contributed by atoms with E-state index in [2.05, 4.69) is 378 Å². The highest BCUT2D eigenvalue weighted by molar-refractivity contribution is 7.26. The maximum atomic E-state index is 2.53. The van der Waals surface area contributed by atoms with Gasteiger partial charge in [0.2, 0.25) is 0 Å². The average Bonchev–Trinajstić information content (AvgIpc) is 1.53. The van der Waals surface area contributed by atoms with Crippen LogP contribution in [-0.2, 0) is 0 Å². The van der Waals surface area contributed by atoms with E-state index in [1.807, 2.05) is 22.7 Å². The van der Waals surface area contributed by atoms with Crippen LogP contribution in [-0.4, -0.2) is 0 Å². The quantitative estimate of drug-likeness (QED) is 0.114. The van der Waals surface area contributed by atoms with Crippen molar-refractivity contribution in [2.45, 2.75) is 55.4 Å². The van der Waals surface area contributed by atoms with Crippen LogP contribution in [0, 0.1) is 55.4 Å². The van der Waals surface area contributed by atoms with Gasteiger partial charge in [0.25, 0.3) is 0 Å². The zero-order chi connectivity index (χ0) is 69.0. The van der Waals surface area contributed by atoms with E-state index < -0.39 is 0 Å². The topological polar surface area (TPSA) is 13.0 Å². The number of para-hydroxylation sites is 1. The summed E-state index contributed by atoms with van der Waals surface area (Å²) >= 11 is 3.79. The molecule has 6 heteroatoms. The Kier molecular flexibility index (Phi) is 15.4. The summed E-state index contributed by atoms with van der Waals surface area (Å²) in [4.78, 5) is 9.97. The van der Waals surface area contributed by atoms with E-state index in [1.54, 1.807) is 0 Å². The summed E-state index contributed by atoms with van der Waals surface area (Å²) in [5.41, 5.74) is 25.5. The molecule has 0 aliphatic rings. The van der Waals surface area contributed by atoms with Crippen molar-refractivity contribution >= 4 is 174 Å². The Labute approximate surface area is 604 Å². The molecular weight excluding hydrogens is 1270 g/mol. The Bertz CT molecular complexity index is 6350. The molecule has 18 rings (SSSR count). The Balaban J connectivity index is 0.808. The first-order valence-corrected chi connectivity index (χ1v) is 36.9. The predicted molar refractivity (Wildman–Crippen MR) is 444 cm³/mol. The molecule has 0 N–H and O–H groups in total. The van der Waals surface area contributed by atoms with Gasteiger partial charge in [-0.25, -0.2) is 0 Å². The van der Waals surface area contributed by atoms with Crippen LogP contribution in [0.5, 0.6) is 0 Å². The molecule has 2 aromatic heterocycles. The van der Waals surface area contributed by atoms with Crippen LogP contribution in [0.4, 0.5) is 68.2 Å². The van der Waals surface area contributed by atoms with E-state index in [0.717, 1.165) is 73.7 Å². The number of rotatable bonds is 13. The van der Waals surface area contributed by atoms with Gasteiger partial charge in [0, 0.05) is 107 Å². The first kappa shape index (κ1) is 62.5. The highest BCUT2D eigenvalue weighted by atomic mass is 32.1. The number of hydrogen-bond donors (Lipinski definition) is 0. The van der Waals surface area contributed by atoms with E-state index in [1.165, 1.54) is 134 Å². The van der Waals surface area contributed by atoms with E-state index in [-0.39, 0.29) is 0 Å². The van der Waals surface area contributed by atoms with E-state index in [9.17, 15) is 0 Å². The zero-order valence-corrected chi connectivity index (χ0v) is 60.1. The van der Waals surface area contributed by atoms with Crippen LogP contribution in [0.25, 0.3) is 94.6 Å². The molecule has 0 bridgehead atoms. The minimum Gasteiger partial charge on any atom is -0.310 e. The van der Waals surface area contributed by atoms with Gasteiger partial charge in [-0.3, -0.25) is 0 Å². The summed E-state index contributed by atoms with van der Waals surface area (Å²) < 4.78 is 4.98. The Morgan fingerprint density at radius 3 is 0.931 bits per heavy atom. The van der Waals surface area contributed by atoms with Crippen molar-refractivity contribution in [2.24, 2.45) is 0 Å². The van der Waals surface area contributed by atoms with Crippen molar-refractivity contribution < 1.29 is 0 Å². The van der Waals surface area contributed by atoms with Gasteiger partial charge in [0.1, 0.15) is 0 Å². The van der Waals surface area contributed by atoms with Crippen molar-refractivity contribution in [1.29, 1.82) is 0 Å². The summed E-state index contributed by atoms with van der Waals surface area (Å²) in [7, 11) is 0. The minimum atomic E-state index is 1.09. The van der Waals surface area contributed by atoms with Crippen molar-refractivity contribution in [2.75, 3.05) is 19.6 Å².